The van der Waals surface area contributed by atoms with E-state index in [-0.39, 0.29) is 63.8 Å². The first kappa shape index (κ1) is 66.2. The van der Waals surface area contributed by atoms with Gasteiger partial charge in [-0.25, -0.2) is 19.2 Å². The van der Waals surface area contributed by atoms with Crippen molar-refractivity contribution < 1.29 is 76.8 Å². The summed E-state index contributed by atoms with van der Waals surface area (Å²) in [7, 11) is 2.96. The van der Waals surface area contributed by atoms with Gasteiger partial charge in [-0.2, -0.15) is 0 Å². The number of anilines is 1. The summed E-state index contributed by atoms with van der Waals surface area (Å²) >= 11 is 0. The molecule has 0 radical (unpaired) electrons. The van der Waals surface area contributed by atoms with Crippen LogP contribution in [0.25, 0.3) is 11.1 Å². The Bertz CT molecular complexity index is 3220. The minimum absolute atomic E-state index is 0.0129. The predicted molar refractivity (Wildman–Crippen MR) is 318 cm³/mol. The summed E-state index contributed by atoms with van der Waals surface area (Å²) in [6, 6.07) is 18.8. The lowest BCUT2D eigenvalue weighted by Crippen LogP contribution is -2.56. The number of esters is 1. The number of rotatable bonds is 26. The normalized spacial score (nSPS) is 19.0. The number of urea groups is 1. The zero-order chi connectivity index (χ0) is 64.3. The molecule has 3 unspecified atom stereocenters. The molecule has 7 rings (SSSR count). The minimum Gasteiger partial charge on any atom is -0.465 e. The van der Waals surface area contributed by atoms with Crippen LogP contribution in [0.2, 0.25) is 0 Å². The van der Waals surface area contributed by atoms with Gasteiger partial charge in [0.1, 0.15) is 50.2 Å². The van der Waals surface area contributed by atoms with Crippen LogP contribution >= 0.6 is 0 Å². The van der Waals surface area contributed by atoms with Crippen LogP contribution in [0.1, 0.15) is 89.8 Å². The molecule has 5 atom stereocenters. The van der Waals surface area contributed by atoms with E-state index in [4.69, 9.17) is 24.7 Å². The van der Waals surface area contributed by atoms with Crippen LogP contribution in [0.4, 0.5) is 24.9 Å². The van der Waals surface area contributed by atoms with Gasteiger partial charge in [-0.3, -0.25) is 33.6 Å². The monoisotopic (exact) mass is 1220 g/mol. The van der Waals surface area contributed by atoms with Gasteiger partial charge >= 0.3 is 30.3 Å². The van der Waals surface area contributed by atoms with Crippen LogP contribution in [-0.4, -0.2) is 171 Å². The first-order valence-corrected chi connectivity index (χ1v) is 29.0. The van der Waals surface area contributed by atoms with E-state index >= 15 is 0 Å². The Labute approximate surface area is 509 Å². The molecule has 4 aliphatic carbocycles. The van der Waals surface area contributed by atoms with Crippen molar-refractivity contribution in [1.82, 2.24) is 41.7 Å². The molecule has 0 bridgehead atoms. The number of ketones is 1. The Hall–Kier alpha value is -9.33. The molecule has 10 amide bonds. The summed E-state index contributed by atoms with van der Waals surface area (Å²) in [5.41, 5.74) is 8.14. The zero-order valence-electron chi connectivity index (χ0n) is 50.6. The second-order valence-corrected chi connectivity index (χ2v) is 23.2. The number of amides is 10. The Kier molecular flexibility index (Phi) is 21.4. The van der Waals surface area contributed by atoms with Crippen molar-refractivity contribution in [3.63, 3.8) is 0 Å². The summed E-state index contributed by atoms with van der Waals surface area (Å²) < 4.78 is 22.4. The number of benzene rings is 3. The lowest BCUT2D eigenvalue weighted by molar-refractivity contribution is -0.145. The van der Waals surface area contributed by atoms with E-state index in [1.165, 1.54) is 37.7 Å². The third-order valence-corrected chi connectivity index (χ3v) is 16.4. The van der Waals surface area contributed by atoms with Gasteiger partial charge in [-0.05, 0) is 92.3 Å². The molecular formula is C62H78N10O16. The number of ether oxygens (including phenoxy) is 4. The van der Waals surface area contributed by atoms with E-state index in [1.54, 1.807) is 51.1 Å². The molecule has 0 heterocycles. The number of nitrogens with one attached hydrogen (secondary N) is 7. The Morgan fingerprint density at radius 1 is 0.727 bits per heavy atom. The fraction of sp³-hybridized carbons (Fsp3) is 0.468. The molecule has 1 saturated carbocycles. The molecular weight excluding hydrogens is 1140 g/mol. The Balaban J connectivity index is 0.830. The molecule has 0 aromatic heterocycles. The summed E-state index contributed by atoms with van der Waals surface area (Å²) in [4.78, 5) is 144. The van der Waals surface area contributed by atoms with Crippen molar-refractivity contribution in [2.45, 2.75) is 104 Å². The van der Waals surface area contributed by atoms with Crippen LogP contribution in [0.15, 0.2) is 95.6 Å². The van der Waals surface area contributed by atoms with Crippen LogP contribution < -0.4 is 43.0 Å². The molecule has 26 nitrogen and oxygen atoms in total. The standard InChI is InChI=1S/C62H78N10O16/c1-35(2)51(70-49(76)31-66-47(74)29-65-48(75)30-67-57(81)85-33-45-42-16-11-9-14-40(42)41-15-10-12-17-43(41)45)55(79)69-46(18-13-25-64-56(63)80)54(78)68-39-21-19-38(20-22-39)32-86-58(82)71(7)26-27-72(8)59(83)88-53-50-36(3)62(23-24-62)61(6,84)52(77)44(50)28-60(53,5)34-87-37(4)73/h9-12,14-17,19-22,28,35,45-46,51,53,84H,13,18,23-27,29-34H2,1-8H3,(H,65,75)(H,66,74)(H,67,81)(H,68,78)(H,69,79)(H,70,76)(H3,63,64,80)/t46-,51-,53?,60?,61?/m0/s1. The Morgan fingerprint density at radius 2 is 1.31 bits per heavy atom. The number of nitrogens with two attached hydrogens (primary N) is 1. The molecule has 4 aliphatic rings. The number of Topliss-reactive ketones (excluding diaryl/α,β-unsaturated/α-hetero) is 1. The maximum Gasteiger partial charge on any atom is 0.410 e. The second kappa shape index (κ2) is 28.5. The molecule has 10 N–H and O–H groups in total. The number of carbonyl (C=O) groups is 11. The number of nitrogens with zero attached hydrogens (tertiary/aromatic N) is 2. The van der Waals surface area contributed by atoms with Crippen molar-refractivity contribution >= 4 is 71.3 Å². The van der Waals surface area contributed by atoms with Crippen LogP contribution in [0.3, 0.4) is 0 Å². The Morgan fingerprint density at radius 3 is 1.89 bits per heavy atom. The molecule has 3 aromatic carbocycles. The highest BCUT2D eigenvalue weighted by Crippen LogP contribution is 2.66. The first-order chi connectivity index (χ1) is 41.7. The molecule has 0 saturated heterocycles. The fourth-order valence-corrected chi connectivity index (χ4v) is 11.1. The number of hydrogen-bond donors (Lipinski definition) is 9. The van der Waals surface area contributed by atoms with Crippen molar-refractivity contribution in [2.24, 2.45) is 22.5 Å². The zero-order valence-corrected chi connectivity index (χ0v) is 50.6. The maximum absolute atomic E-state index is 13.7. The number of fused-ring (bicyclic) bond motifs is 4. The number of likely N-dealkylation sites (N-methyl/N-ethyl adjacent to an activating group) is 2. The topological polar surface area (TPSA) is 362 Å². The molecule has 1 fully saturated rings. The maximum atomic E-state index is 13.7. The van der Waals surface area contributed by atoms with Crippen molar-refractivity contribution in [1.29, 1.82) is 0 Å². The van der Waals surface area contributed by atoms with E-state index in [0.29, 0.717) is 29.7 Å². The van der Waals surface area contributed by atoms with E-state index in [1.807, 2.05) is 55.5 Å². The lowest BCUT2D eigenvalue weighted by atomic mass is 9.67. The summed E-state index contributed by atoms with van der Waals surface area (Å²) in [5, 5.41) is 28.9. The van der Waals surface area contributed by atoms with E-state index in [0.717, 1.165) is 27.8 Å². The van der Waals surface area contributed by atoms with E-state index in [2.05, 4.69) is 37.2 Å². The lowest BCUT2D eigenvalue weighted by Gasteiger charge is -2.40. The molecule has 0 aliphatic heterocycles. The second-order valence-electron chi connectivity index (χ2n) is 23.2. The van der Waals surface area contributed by atoms with Crippen LogP contribution in [0.5, 0.6) is 0 Å². The molecule has 1 spiro atoms. The highest BCUT2D eigenvalue weighted by Gasteiger charge is 2.67. The summed E-state index contributed by atoms with van der Waals surface area (Å²) in [5.74, 6) is -5.29. The largest absolute Gasteiger partial charge is 0.465 e. The summed E-state index contributed by atoms with van der Waals surface area (Å²) in [6.45, 7) is 7.79. The average molecular weight is 1220 g/mol. The third-order valence-electron chi connectivity index (χ3n) is 16.4. The van der Waals surface area contributed by atoms with E-state index in [9.17, 15) is 57.8 Å². The van der Waals surface area contributed by atoms with Gasteiger partial charge in [0.15, 0.2) is 5.78 Å². The first-order valence-electron chi connectivity index (χ1n) is 29.0. The van der Waals surface area contributed by atoms with Crippen molar-refractivity contribution in [3.8, 4) is 11.1 Å². The van der Waals surface area contributed by atoms with Crippen molar-refractivity contribution in [3.05, 3.63) is 112 Å². The number of primary amides is 1. The van der Waals surface area contributed by atoms with Gasteiger partial charge in [0, 0.05) is 68.8 Å². The van der Waals surface area contributed by atoms with Gasteiger partial charge in [0.05, 0.1) is 18.5 Å². The van der Waals surface area contributed by atoms with Crippen LogP contribution in [0, 0.1) is 16.7 Å². The smallest absolute Gasteiger partial charge is 0.410 e. The molecule has 26 heteroatoms. The highest BCUT2D eigenvalue weighted by molar-refractivity contribution is 6.09. The quantitative estimate of drug-likeness (QED) is 0.0316. The fourth-order valence-electron chi connectivity index (χ4n) is 11.1. The van der Waals surface area contributed by atoms with Gasteiger partial charge in [-0.15, -0.1) is 0 Å². The van der Waals surface area contributed by atoms with Gasteiger partial charge in [-0.1, -0.05) is 86.2 Å². The highest BCUT2D eigenvalue weighted by atomic mass is 16.6. The molecule has 88 heavy (non-hydrogen) atoms. The van der Waals surface area contributed by atoms with E-state index < -0.39 is 126 Å². The number of carbonyl (C=O) groups excluding carboxylic acids is 11. The minimum atomic E-state index is -1.65. The van der Waals surface area contributed by atoms with Crippen LogP contribution in [-0.2, 0) is 59.1 Å². The molecule has 3 aromatic rings. The number of aliphatic hydroxyl groups is 1. The average Bonchev–Trinajstić information content (AvgIpc) is 1.52. The van der Waals surface area contributed by atoms with Gasteiger partial charge in [0.25, 0.3) is 0 Å². The van der Waals surface area contributed by atoms with Crippen molar-refractivity contribution in [2.75, 3.05) is 71.9 Å². The van der Waals surface area contributed by atoms with Gasteiger partial charge in [0.2, 0.25) is 29.5 Å². The van der Waals surface area contributed by atoms with Gasteiger partial charge < -0.3 is 76.8 Å². The summed E-state index contributed by atoms with van der Waals surface area (Å²) in [6.07, 6.45) is -0.308. The number of hydrogen-bond acceptors (Lipinski definition) is 16. The molecule has 472 valence electrons. The third kappa shape index (κ3) is 15.8. The predicted octanol–water partition coefficient (Wildman–Crippen LogP) is 3.42. The number of alkyl carbamates (subject to hydrolysis) is 1. The SMILES string of the molecule is CC(=O)OCC1(C)C=C2C(=O)C(C)(O)C3(CC3)C(C)=C2C1OC(=O)N(C)CCN(C)C(=O)OCc1ccc(NC(=O)[C@H](CCCNC(N)=O)NC(=O)[C@@H](NC(=O)CNC(=O)CNC(=O)CNC(=O)OCC2c3ccccc3-c3ccccc32)C(C)C)cc1.